The van der Waals surface area contributed by atoms with Crippen molar-refractivity contribution in [1.82, 2.24) is 9.21 Å². The van der Waals surface area contributed by atoms with Crippen molar-refractivity contribution in [2.75, 3.05) is 26.2 Å². The standard InChI is InChI=1S/C12H17N3O4S/c1-9-3-2-4-10(11(9)16)12(17)14-5-7-15(8-6-14)20(13,18)19/h2-4,16H,5-8H2,1H3,(H2,13,18,19). The van der Waals surface area contributed by atoms with Crippen LogP contribution in [0, 0.1) is 6.92 Å². The number of hydrogen-bond donors (Lipinski definition) is 2. The molecule has 7 nitrogen and oxygen atoms in total. The van der Waals surface area contributed by atoms with Gasteiger partial charge in [-0.2, -0.15) is 12.7 Å². The number of nitrogens with zero attached hydrogens (tertiary/aromatic N) is 2. The number of phenolic OH excluding ortho intramolecular Hbond substituents is 1. The van der Waals surface area contributed by atoms with Crippen LogP contribution in [0.3, 0.4) is 0 Å². The average molecular weight is 299 g/mol. The van der Waals surface area contributed by atoms with Crippen molar-refractivity contribution >= 4 is 16.1 Å². The van der Waals surface area contributed by atoms with E-state index in [1.165, 1.54) is 4.90 Å². The number of aryl methyl sites for hydroxylation is 1. The zero-order valence-corrected chi connectivity index (χ0v) is 11.9. The minimum absolute atomic E-state index is 0.0358. The number of amides is 1. The Hall–Kier alpha value is -1.64. The highest BCUT2D eigenvalue weighted by Crippen LogP contribution is 2.23. The van der Waals surface area contributed by atoms with Crippen LogP contribution in [-0.2, 0) is 10.2 Å². The molecule has 0 aromatic heterocycles. The number of hydrogen-bond acceptors (Lipinski definition) is 4. The van der Waals surface area contributed by atoms with Crippen LogP contribution in [0.25, 0.3) is 0 Å². The number of piperazine rings is 1. The van der Waals surface area contributed by atoms with E-state index in [0.29, 0.717) is 5.56 Å². The van der Waals surface area contributed by atoms with Gasteiger partial charge in [0.15, 0.2) is 0 Å². The van der Waals surface area contributed by atoms with Gasteiger partial charge in [0, 0.05) is 26.2 Å². The number of benzene rings is 1. The van der Waals surface area contributed by atoms with Gasteiger partial charge >= 0.3 is 0 Å². The van der Waals surface area contributed by atoms with Crippen molar-refractivity contribution < 1.29 is 18.3 Å². The van der Waals surface area contributed by atoms with E-state index in [4.69, 9.17) is 5.14 Å². The van der Waals surface area contributed by atoms with E-state index >= 15 is 0 Å². The molecular weight excluding hydrogens is 282 g/mol. The predicted molar refractivity (Wildman–Crippen MR) is 73.4 cm³/mol. The first-order valence-electron chi connectivity index (χ1n) is 6.16. The molecule has 8 heteroatoms. The molecule has 0 aliphatic carbocycles. The Kier molecular flexibility index (Phi) is 3.98. The maximum absolute atomic E-state index is 12.3. The lowest BCUT2D eigenvalue weighted by Gasteiger charge is -2.33. The number of aromatic hydroxyl groups is 1. The summed E-state index contributed by atoms with van der Waals surface area (Å²) in [5, 5.41) is 14.9. The summed E-state index contributed by atoms with van der Waals surface area (Å²) in [5.74, 6) is -0.341. The molecule has 1 saturated heterocycles. The minimum atomic E-state index is -3.71. The van der Waals surface area contributed by atoms with Crippen molar-refractivity contribution in [2.24, 2.45) is 5.14 Å². The normalized spacial score (nSPS) is 17.2. The molecule has 3 N–H and O–H groups in total. The molecule has 0 atom stereocenters. The SMILES string of the molecule is Cc1cccc(C(=O)N2CCN(S(N)(=O)=O)CC2)c1O. The summed E-state index contributed by atoms with van der Waals surface area (Å²) in [6.07, 6.45) is 0. The third-order valence-corrected chi connectivity index (χ3v) is 4.44. The Morgan fingerprint density at radius 2 is 1.85 bits per heavy atom. The zero-order valence-electron chi connectivity index (χ0n) is 11.1. The topological polar surface area (TPSA) is 104 Å². The lowest BCUT2D eigenvalue weighted by molar-refractivity contribution is 0.0694. The van der Waals surface area contributed by atoms with E-state index in [1.807, 2.05) is 0 Å². The summed E-state index contributed by atoms with van der Waals surface area (Å²) in [5.41, 5.74) is 0.855. The summed E-state index contributed by atoms with van der Waals surface area (Å²) in [6.45, 7) is 2.55. The fourth-order valence-corrected chi connectivity index (χ4v) is 2.82. The van der Waals surface area contributed by atoms with Gasteiger partial charge < -0.3 is 10.0 Å². The van der Waals surface area contributed by atoms with Gasteiger partial charge in [0.25, 0.3) is 16.1 Å². The third-order valence-electron chi connectivity index (χ3n) is 3.35. The van der Waals surface area contributed by atoms with Crippen molar-refractivity contribution in [1.29, 1.82) is 0 Å². The molecule has 20 heavy (non-hydrogen) atoms. The Balaban J connectivity index is 2.11. The van der Waals surface area contributed by atoms with Crippen LogP contribution in [0.1, 0.15) is 15.9 Å². The Labute approximate surface area is 117 Å². The van der Waals surface area contributed by atoms with Gasteiger partial charge in [0.05, 0.1) is 5.56 Å². The van der Waals surface area contributed by atoms with E-state index in [1.54, 1.807) is 25.1 Å². The first-order valence-corrected chi connectivity index (χ1v) is 7.67. The second-order valence-electron chi connectivity index (χ2n) is 4.71. The number of nitrogens with two attached hydrogens (primary N) is 1. The van der Waals surface area contributed by atoms with Crippen LogP contribution in [0.4, 0.5) is 0 Å². The van der Waals surface area contributed by atoms with Crippen LogP contribution in [0.15, 0.2) is 18.2 Å². The molecule has 0 bridgehead atoms. The first kappa shape index (κ1) is 14.8. The fourth-order valence-electron chi connectivity index (χ4n) is 2.15. The van der Waals surface area contributed by atoms with Crippen LogP contribution in [-0.4, -0.2) is 54.8 Å². The largest absolute Gasteiger partial charge is 0.507 e. The molecule has 1 fully saturated rings. The van der Waals surface area contributed by atoms with Crippen LogP contribution in [0.2, 0.25) is 0 Å². The lowest BCUT2D eigenvalue weighted by atomic mass is 10.1. The number of carbonyl (C=O) groups is 1. The highest BCUT2D eigenvalue weighted by Gasteiger charge is 2.28. The second kappa shape index (κ2) is 5.39. The smallest absolute Gasteiger partial charge is 0.277 e. The van der Waals surface area contributed by atoms with Gasteiger partial charge in [-0.05, 0) is 18.6 Å². The van der Waals surface area contributed by atoms with E-state index in [9.17, 15) is 18.3 Å². The highest BCUT2D eigenvalue weighted by molar-refractivity contribution is 7.86. The van der Waals surface area contributed by atoms with Crippen LogP contribution >= 0.6 is 0 Å². The van der Waals surface area contributed by atoms with Gasteiger partial charge in [-0.3, -0.25) is 4.79 Å². The summed E-state index contributed by atoms with van der Waals surface area (Å²) < 4.78 is 23.5. The van der Waals surface area contributed by atoms with Gasteiger partial charge in [0.2, 0.25) is 0 Å². The zero-order chi connectivity index (χ0) is 14.9. The maximum Gasteiger partial charge on any atom is 0.277 e. The fraction of sp³-hybridized carbons (Fsp3) is 0.417. The molecular formula is C12H17N3O4S. The van der Waals surface area contributed by atoms with Crippen molar-refractivity contribution in [3.8, 4) is 5.75 Å². The number of phenols is 1. The average Bonchev–Trinajstić information content (AvgIpc) is 2.40. The van der Waals surface area contributed by atoms with E-state index in [0.717, 1.165) is 4.31 Å². The molecule has 1 heterocycles. The van der Waals surface area contributed by atoms with Crippen molar-refractivity contribution in [2.45, 2.75) is 6.92 Å². The van der Waals surface area contributed by atoms with Gasteiger partial charge in [-0.1, -0.05) is 12.1 Å². The molecule has 0 radical (unpaired) electrons. The summed E-state index contributed by atoms with van der Waals surface area (Å²) in [7, 11) is -3.71. The van der Waals surface area contributed by atoms with Gasteiger partial charge in [0.1, 0.15) is 5.75 Å². The predicted octanol–water partition coefficient (Wildman–Crippen LogP) is -0.338. The van der Waals surface area contributed by atoms with Crippen molar-refractivity contribution in [3.63, 3.8) is 0 Å². The quantitative estimate of drug-likeness (QED) is 0.779. The molecule has 2 rings (SSSR count). The highest BCUT2D eigenvalue weighted by atomic mass is 32.2. The second-order valence-corrected chi connectivity index (χ2v) is 6.25. The van der Waals surface area contributed by atoms with E-state index in [-0.39, 0.29) is 43.4 Å². The molecule has 1 aromatic carbocycles. The maximum atomic E-state index is 12.3. The summed E-state index contributed by atoms with van der Waals surface area (Å²) in [4.78, 5) is 13.8. The first-order chi connectivity index (χ1) is 9.30. The van der Waals surface area contributed by atoms with E-state index in [2.05, 4.69) is 0 Å². The lowest BCUT2D eigenvalue weighted by Crippen LogP contribution is -2.52. The van der Waals surface area contributed by atoms with Crippen molar-refractivity contribution in [3.05, 3.63) is 29.3 Å². The van der Waals surface area contributed by atoms with E-state index < -0.39 is 10.2 Å². The van der Waals surface area contributed by atoms with Crippen LogP contribution in [0.5, 0.6) is 5.75 Å². The summed E-state index contributed by atoms with van der Waals surface area (Å²) in [6, 6.07) is 4.96. The molecule has 1 aromatic rings. The molecule has 110 valence electrons. The number of carbonyl (C=O) groups excluding carboxylic acids is 1. The Morgan fingerprint density at radius 3 is 2.40 bits per heavy atom. The molecule has 1 amide bonds. The van der Waals surface area contributed by atoms with Gasteiger partial charge in [-0.25, -0.2) is 5.14 Å². The summed E-state index contributed by atoms with van der Waals surface area (Å²) >= 11 is 0. The number of para-hydroxylation sites is 1. The Bertz CT molecular complexity index is 622. The molecule has 0 saturated carbocycles. The monoisotopic (exact) mass is 299 g/mol. The molecule has 0 spiro atoms. The Morgan fingerprint density at radius 1 is 1.25 bits per heavy atom. The molecule has 1 aliphatic heterocycles. The minimum Gasteiger partial charge on any atom is -0.507 e. The van der Waals surface area contributed by atoms with Gasteiger partial charge in [-0.15, -0.1) is 0 Å². The molecule has 0 unspecified atom stereocenters. The molecule has 1 aliphatic rings. The third kappa shape index (κ3) is 2.92. The van der Waals surface area contributed by atoms with Crippen LogP contribution < -0.4 is 5.14 Å². The number of rotatable bonds is 2.